The van der Waals surface area contributed by atoms with E-state index in [1.165, 1.54) is 16.9 Å². The largest absolute Gasteiger partial charge is 0.355 e. The Bertz CT molecular complexity index is 1060. The summed E-state index contributed by atoms with van der Waals surface area (Å²) in [5, 5.41) is 4.44. The van der Waals surface area contributed by atoms with Gasteiger partial charge in [0.25, 0.3) is 5.91 Å². The number of likely N-dealkylation sites (tertiary alicyclic amines) is 1. The van der Waals surface area contributed by atoms with Gasteiger partial charge in [0.15, 0.2) is 0 Å². The van der Waals surface area contributed by atoms with Gasteiger partial charge >= 0.3 is 0 Å². The molecule has 0 aliphatic carbocycles. The molecule has 1 fully saturated rings. The maximum Gasteiger partial charge on any atom is 0.265 e. The molecule has 4 rings (SSSR count). The molecule has 3 aromatic rings. The summed E-state index contributed by atoms with van der Waals surface area (Å²) in [6.45, 7) is 9.49. The fourth-order valence-electron chi connectivity index (χ4n) is 4.06. The number of aryl methyl sites for hydroxylation is 4. The first-order valence-electron chi connectivity index (χ1n) is 10.4. The van der Waals surface area contributed by atoms with Gasteiger partial charge in [-0.3, -0.25) is 9.78 Å². The maximum atomic E-state index is 13.1. The van der Waals surface area contributed by atoms with Crippen LogP contribution < -0.4 is 5.32 Å². The Balaban J connectivity index is 1.53. The SMILES string of the molecule is Cc1ccc(Nc2cc(C)nc(C3CCCN(C(=O)c4sc(C)nc4C)C3)c2)cc1. The van der Waals surface area contributed by atoms with E-state index >= 15 is 0 Å². The van der Waals surface area contributed by atoms with Crippen LogP contribution >= 0.6 is 11.3 Å². The zero-order valence-electron chi connectivity index (χ0n) is 18.0. The van der Waals surface area contributed by atoms with Gasteiger partial charge in [0.2, 0.25) is 0 Å². The molecule has 1 aliphatic rings. The number of nitrogens with zero attached hydrogens (tertiary/aromatic N) is 3. The molecule has 1 unspecified atom stereocenters. The number of piperidine rings is 1. The standard InChI is InChI=1S/C24H28N4OS/c1-15-7-9-20(10-8-15)27-21-12-16(2)25-22(13-21)19-6-5-11-28(14-19)24(29)23-17(3)26-18(4)30-23/h7-10,12-13,19H,5-6,11,14H2,1-4H3,(H,25,27). The molecule has 1 aromatic carbocycles. The van der Waals surface area contributed by atoms with Gasteiger partial charge in [-0.2, -0.15) is 0 Å². The third kappa shape index (κ3) is 4.54. The van der Waals surface area contributed by atoms with E-state index in [1.807, 2.05) is 25.7 Å². The first-order valence-corrected chi connectivity index (χ1v) is 11.3. The Kier molecular flexibility index (Phi) is 5.86. The number of hydrogen-bond acceptors (Lipinski definition) is 5. The number of carbonyl (C=O) groups excluding carboxylic acids is 1. The minimum absolute atomic E-state index is 0.105. The van der Waals surface area contributed by atoms with Crippen LogP contribution in [-0.2, 0) is 0 Å². The molecule has 0 bridgehead atoms. The van der Waals surface area contributed by atoms with Crippen molar-refractivity contribution in [3.63, 3.8) is 0 Å². The number of benzene rings is 1. The highest BCUT2D eigenvalue weighted by molar-refractivity contribution is 7.13. The summed E-state index contributed by atoms with van der Waals surface area (Å²) in [6, 6.07) is 12.6. The average molecular weight is 421 g/mol. The first-order chi connectivity index (χ1) is 14.4. The third-order valence-electron chi connectivity index (χ3n) is 5.54. The van der Waals surface area contributed by atoms with Crippen LogP contribution in [0.4, 0.5) is 11.4 Å². The zero-order valence-corrected chi connectivity index (χ0v) is 18.8. The van der Waals surface area contributed by atoms with Crippen LogP contribution in [-0.4, -0.2) is 33.9 Å². The lowest BCUT2D eigenvalue weighted by Gasteiger charge is -2.32. The van der Waals surface area contributed by atoms with E-state index in [0.29, 0.717) is 6.54 Å². The Hall–Kier alpha value is -2.73. The predicted octanol–water partition coefficient (Wildman–Crippen LogP) is 5.54. The second kappa shape index (κ2) is 8.56. The second-order valence-electron chi connectivity index (χ2n) is 8.15. The number of amides is 1. The Morgan fingerprint density at radius 3 is 2.53 bits per heavy atom. The monoisotopic (exact) mass is 420 g/mol. The molecule has 156 valence electrons. The molecule has 1 saturated heterocycles. The summed E-state index contributed by atoms with van der Waals surface area (Å²) in [5.74, 6) is 0.351. The molecule has 0 radical (unpaired) electrons. The summed E-state index contributed by atoms with van der Waals surface area (Å²) >= 11 is 1.49. The van der Waals surface area contributed by atoms with Crippen LogP contribution in [0.2, 0.25) is 0 Å². The molecule has 30 heavy (non-hydrogen) atoms. The number of thiazole rings is 1. The minimum atomic E-state index is 0.105. The number of pyridine rings is 1. The molecule has 1 amide bonds. The highest BCUT2D eigenvalue weighted by Gasteiger charge is 2.28. The van der Waals surface area contributed by atoms with Gasteiger partial charge in [-0.05, 0) is 64.8 Å². The van der Waals surface area contributed by atoms with E-state index < -0.39 is 0 Å². The van der Waals surface area contributed by atoms with Crippen molar-refractivity contribution in [1.29, 1.82) is 0 Å². The first kappa shape index (κ1) is 20.5. The molecule has 0 saturated carbocycles. The van der Waals surface area contributed by atoms with Gasteiger partial charge in [0.1, 0.15) is 4.88 Å². The van der Waals surface area contributed by atoms with Gasteiger partial charge in [-0.25, -0.2) is 4.98 Å². The maximum absolute atomic E-state index is 13.1. The van der Waals surface area contributed by atoms with E-state index in [-0.39, 0.29) is 11.8 Å². The fourth-order valence-corrected chi connectivity index (χ4v) is 4.94. The summed E-state index contributed by atoms with van der Waals surface area (Å²) < 4.78 is 0. The Morgan fingerprint density at radius 2 is 1.83 bits per heavy atom. The lowest BCUT2D eigenvalue weighted by molar-refractivity contribution is 0.0710. The predicted molar refractivity (Wildman–Crippen MR) is 123 cm³/mol. The quantitative estimate of drug-likeness (QED) is 0.602. The Morgan fingerprint density at radius 1 is 1.07 bits per heavy atom. The highest BCUT2D eigenvalue weighted by Crippen LogP contribution is 2.30. The number of aromatic nitrogens is 2. The van der Waals surface area contributed by atoms with Crippen LogP contribution in [0.5, 0.6) is 0 Å². The van der Waals surface area contributed by atoms with Crippen LogP contribution in [0.3, 0.4) is 0 Å². The highest BCUT2D eigenvalue weighted by atomic mass is 32.1. The van der Waals surface area contributed by atoms with Crippen molar-refractivity contribution >= 4 is 28.6 Å². The third-order valence-corrected chi connectivity index (χ3v) is 6.60. The molecule has 1 N–H and O–H groups in total. The van der Waals surface area contributed by atoms with Crippen molar-refractivity contribution < 1.29 is 4.79 Å². The molecule has 6 heteroatoms. The van der Waals surface area contributed by atoms with Gasteiger partial charge in [0, 0.05) is 41.8 Å². The molecule has 5 nitrogen and oxygen atoms in total. The molecule has 3 heterocycles. The normalized spacial score (nSPS) is 16.5. The van der Waals surface area contributed by atoms with Crippen LogP contribution in [0.15, 0.2) is 36.4 Å². The minimum Gasteiger partial charge on any atom is -0.355 e. The van der Waals surface area contributed by atoms with E-state index in [4.69, 9.17) is 4.98 Å². The van der Waals surface area contributed by atoms with Gasteiger partial charge < -0.3 is 10.2 Å². The summed E-state index contributed by atoms with van der Waals surface area (Å²) in [5.41, 5.74) is 6.22. The van der Waals surface area contributed by atoms with E-state index in [0.717, 1.165) is 57.7 Å². The fraction of sp³-hybridized carbons (Fsp3) is 0.375. The van der Waals surface area contributed by atoms with Crippen LogP contribution in [0.1, 0.15) is 56.1 Å². The smallest absolute Gasteiger partial charge is 0.265 e. The molecule has 2 aromatic heterocycles. The molecule has 1 aliphatic heterocycles. The summed E-state index contributed by atoms with van der Waals surface area (Å²) in [7, 11) is 0. The van der Waals surface area contributed by atoms with E-state index in [1.54, 1.807) is 0 Å². The number of carbonyl (C=O) groups is 1. The van der Waals surface area contributed by atoms with Crippen molar-refractivity contribution in [2.75, 3.05) is 18.4 Å². The van der Waals surface area contributed by atoms with E-state index in [2.05, 4.69) is 53.6 Å². The second-order valence-corrected chi connectivity index (χ2v) is 9.35. The van der Waals surface area contributed by atoms with Crippen molar-refractivity contribution in [3.8, 4) is 0 Å². The number of rotatable bonds is 4. The van der Waals surface area contributed by atoms with Crippen molar-refractivity contribution in [1.82, 2.24) is 14.9 Å². The van der Waals surface area contributed by atoms with E-state index in [9.17, 15) is 4.79 Å². The number of nitrogens with one attached hydrogen (secondary N) is 1. The lowest BCUT2D eigenvalue weighted by atomic mass is 9.93. The number of hydrogen-bond donors (Lipinski definition) is 1. The van der Waals surface area contributed by atoms with Gasteiger partial charge in [-0.1, -0.05) is 17.7 Å². The lowest BCUT2D eigenvalue weighted by Crippen LogP contribution is -2.39. The summed E-state index contributed by atoms with van der Waals surface area (Å²) in [4.78, 5) is 25.1. The molecular weight excluding hydrogens is 392 g/mol. The topological polar surface area (TPSA) is 58.1 Å². The van der Waals surface area contributed by atoms with Gasteiger partial charge in [0.05, 0.1) is 10.7 Å². The summed E-state index contributed by atoms with van der Waals surface area (Å²) in [6.07, 6.45) is 2.04. The average Bonchev–Trinajstić information content (AvgIpc) is 3.07. The Labute approximate surface area is 182 Å². The molecule has 0 spiro atoms. The molecular formula is C24H28N4OS. The van der Waals surface area contributed by atoms with Crippen LogP contribution in [0, 0.1) is 27.7 Å². The zero-order chi connectivity index (χ0) is 21.3. The van der Waals surface area contributed by atoms with Crippen molar-refractivity contribution in [2.45, 2.75) is 46.5 Å². The number of anilines is 2. The van der Waals surface area contributed by atoms with Crippen LogP contribution in [0.25, 0.3) is 0 Å². The van der Waals surface area contributed by atoms with Gasteiger partial charge in [-0.15, -0.1) is 11.3 Å². The van der Waals surface area contributed by atoms with Crippen molar-refractivity contribution in [2.24, 2.45) is 0 Å². The molecule has 1 atom stereocenters. The van der Waals surface area contributed by atoms with Crippen molar-refractivity contribution in [3.05, 3.63) is 68.9 Å².